The van der Waals surface area contributed by atoms with Crippen LogP contribution in [0, 0.1) is 6.92 Å². The van der Waals surface area contributed by atoms with E-state index in [9.17, 15) is 13.6 Å². The van der Waals surface area contributed by atoms with Gasteiger partial charge in [-0.25, -0.2) is 14.8 Å². The van der Waals surface area contributed by atoms with Crippen molar-refractivity contribution >= 4 is 17.6 Å². The number of aryl methyl sites for hydroxylation is 1. The second kappa shape index (κ2) is 9.75. The molecule has 0 aliphatic carbocycles. The normalized spacial score (nSPS) is 10.4. The van der Waals surface area contributed by atoms with Crippen molar-refractivity contribution < 1.29 is 18.3 Å². The number of hydrogen-bond acceptors (Lipinski definition) is 5. The smallest absolute Gasteiger partial charge is 0.341 e. The number of halogens is 2. The second-order valence-electron chi connectivity index (χ2n) is 6.08. The van der Waals surface area contributed by atoms with E-state index in [4.69, 9.17) is 4.74 Å². The Hall–Kier alpha value is -2.83. The van der Waals surface area contributed by atoms with Crippen LogP contribution in [0.25, 0.3) is 0 Å². The van der Waals surface area contributed by atoms with Crippen LogP contribution in [-0.4, -0.2) is 29.1 Å². The first kappa shape index (κ1) is 20.5. The molecule has 0 N–H and O–H groups in total. The summed E-state index contributed by atoms with van der Waals surface area (Å²) in [6.45, 7) is 5.68. The Labute approximate surface area is 157 Å². The van der Waals surface area contributed by atoms with E-state index in [1.807, 2.05) is 35.2 Å². The minimum absolute atomic E-state index is 0.00958. The van der Waals surface area contributed by atoms with Gasteiger partial charge in [-0.15, -0.1) is 0 Å². The third-order valence-corrected chi connectivity index (χ3v) is 3.98. The van der Waals surface area contributed by atoms with Crippen LogP contribution in [0.2, 0.25) is 0 Å². The zero-order valence-electron chi connectivity index (χ0n) is 15.7. The van der Waals surface area contributed by atoms with Gasteiger partial charge in [0.2, 0.25) is 5.95 Å². The zero-order valence-corrected chi connectivity index (χ0v) is 15.7. The number of aromatic nitrogens is 2. The number of para-hydroxylation sites is 1. The fourth-order valence-corrected chi connectivity index (χ4v) is 2.43. The molecule has 5 nitrogen and oxygen atoms in total. The number of hydrogen-bond donors (Lipinski definition) is 0. The Morgan fingerprint density at radius 3 is 2.52 bits per heavy atom. The minimum Gasteiger partial charge on any atom is -0.462 e. The van der Waals surface area contributed by atoms with Gasteiger partial charge >= 0.3 is 5.97 Å². The van der Waals surface area contributed by atoms with Gasteiger partial charge in [0.1, 0.15) is 0 Å². The fraction of sp³-hybridized carbons (Fsp3) is 0.350. The Balaban J connectivity index is 2.14. The number of benzene rings is 1. The van der Waals surface area contributed by atoms with Crippen LogP contribution in [0.3, 0.4) is 0 Å². The summed E-state index contributed by atoms with van der Waals surface area (Å²) in [7, 11) is 0. The highest BCUT2D eigenvalue weighted by molar-refractivity contribution is 5.90. The first-order valence-electron chi connectivity index (χ1n) is 8.78. The molecule has 0 spiro atoms. The molecule has 0 fully saturated rings. The molecule has 1 heterocycles. The lowest BCUT2D eigenvalue weighted by Gasteiger charge is -2.22. The van der Waals surface area contributed by atoms with Gasteiger partial charge in [0.05, 0.1) is 17.9 Å². The number of carbonyl (C=O) groups excluding carboxylic acids is 1. The summed E-state index contributed by atoms with van der Waals surface area (Å²) >= 11 is 0. The number of rotatable bonds is 8. The Morgan fingerprint density at radius 1 is 1.22 bits per heavy atom. The number of carbonyl (C=O) groups is 1. The maximum Gasteiger partial charge on any atom is 0.341 e. The van der Waals surface area contributed by atoms with Gasteiger partial charge in [-0.05, 0) is 38.0 Å². The highest BCUT2D eigenvalue weighted by Crippen LogP contribution is 2.23. The number of esters is 1. The van der Waals surface area contributed by atoms with Crippen LogP contribution < -0.4 is 4.90 Å². The molecular formula is C20H23F2N3O2. The van der Waals surface area contributed by atoms with Crippen molar-refractivity contribution in [3.05, 3.63) is 59.4 Å². The average molecular weight is 375 g/mol. The van der Waals surface area contributed by atoms with Crippen molar-refractivity contribution in [1.82, 2.24) is 9.97 Å². The Kier molecular flexibility index (Phi) is 7.40. The van der Waals surface area contributed by atoms with Crippen LogP contribution in [0.4, 0.5) is 20.4 Å². The molecule has 0 amide bonds. The van der Waals surface area contributed by atoms with E-state index in [2.05, 4.69) is 16.9 Å². The summed E-state index contributed by atoms with van der Waals surface area (Å²) in [6.07, 6.45) is 0.569. The summed E-state index contributed by atoms with van der Waals surface area (Å²) in [6, 6.07) is 9.75. The molecule has 1 aromatic carbocycles. The van der Waals surface area contributed by atoms with Crippen molar-refractivity contribution in [3.8, 4) is 0 Å². The number of ether oxygens (including phenoxy) is 1. The molecule has 2 rings (SSSR count). The Bertz CT molecular complexity index is 806. The minimum atomic E-state index is -1.74. The number of anilines is 2. The fourth-order valence-electron chi connectivity index (χ4n) is 2.43. The molecule has 0 unspecified atom stereocenters. The molecule has 144 valence electrons. The predicted molar refractivity (Wildman–Crippen MR) is 100 cm³/mol. The maximum absolute atomic E-state index is 12.4. The van der Waals surface area contributed by atoms with E-state index >= 15 is 0 Å². The predicted octanol–water partition coefficient (Wildman–Crippen LogP) is 5.05. The van der Waals surface area contributed by atoms with Gasteiger partial charge in [0, 0.05) is 24.8 Å². The topological polar surface area (TPSA) is 55.3 Å². The molecule has 0 aliphatic rings. The largest absolute Gasteiger partial charge is 0.462 e. The summed E-state index contributed by atoms with van der Waals surface area (Å²) < 4.78 is 29.8. The Morgan fingerprint density at radius 2 is 1.93 bits per heavy atom. The van der Waals surface area contributed by atoms with Crippen molar-refractivity contribution in [1.29, 1.82) is 0 Å². The third kappa shape index (κ3) is 5.57. The van der Waals surface area contributed by atoms with E-state index < -0.39 is 12.0 Å². The average Bonchev–Trinajstić information content (AvgIpc) is 2.66. The molecule has 0 atom stereocenters. The quantitative estimate of drug-likeness (QED) is 0.604. The monoisotopic (exact) mass is 375 g/mol. The summed E-state index contributed by atoms with van der Waals surface area (Å²) in [5.41, 5.74) is 1.57. The van der Waals surface area contributed by atoms with Gasteiger partial charge in [0.15, 0.2) is 0 Å². The van der Waals surface area contributed by atoms with Crippen LogP contribution in [0.1, 0.15) is 42.7 Å². The van der Waals surface area contributed by atoms with Gasteiger partial charge in [-0.2, -0.15) is 8.78 Å². The molecule has 0 saturated carbocycles. The first-order valence-corrected chi connectivity index (χ1v) is 8.78. The molecule has 0 radical (unpaired) electrons. The molecule has 7 heteroatoms. The van der Waals surface area contributed by atoms with Crippen molar-refractivity contribution in [3.63, 3.8) is 0 Å². The molecule has 27 heavy (non-hydrogen) atoms. The van der Waals surface area contributed by atoms with Gasteiger partial charge in [-0.1, -0.05) is 25.1 Å². The zero-order chi connectivity index (χ0) is 19.8. The van der Waals surface area contributed by atoms with Crippen molar-refractivity contribution in [2.75, 3.05) is 18.1 Å². The van der Waals surface area contributed by atoms with Crippen LogP contribution in [-0.2, 0) is 4.74 Å². The summed E-state index contributed by atoms with van der Waals surface area (Å²) in [4.78, 5) is 22.9. The van der Waals surface area contributed by atoms with Crippen LogP contribution in [0.5, 0.6) is 0 Å². The van der Waals surface area contributed by atoms with Gasteiger partial charge < -0.3 is 9.64 Å². The lowest BCUT2D eigenvalue weighted by atomic mass is 10.2. The summed E-state index contributed by atoms with van der Waals surface area (Å²) in [5.74, 6) is -0.122. The van der Waals surface area contributed by atoms with Gasteiger partial charge in [-0.3, -0.25) is 0 Å². The molecule has 0 bridgehead atoms. The van der Waals surface area contributed by atoms with Crippen molar-refractivity contribution in [2.45, 2.75) is 33.6 Å². The van der Waals surface area contributed by atoms with E-state index in [1.54, 1.807) is 6.92 Å². The molecule has 0 aliphatic heterocycles. The summed E-state index contributed by atoms with van der Waals surface area (Å²) in [5, 5.41) is 0. The lowest BCUT2D eigenvalue weighted by molar-refractivity contribution is 0.0506. The maximum atomic E-state index is 12.4. The van der Waals surface area contributed by atoms with E-state index in [0.29, 0.717) is 11.6 Å². The van der Waals surface area contributed by atoms with E-state index in [1.165, 1.54) is 13.1 Å². The van der Waals surface area contributed by atoms with E-state index in [-0.39, 0.29) is 24.2 Å². The molecule has 2 aromatic rings. The van der Waals surface area contributed by atoms with Crippen molar-refractivity contribution in [2.24, 2.45) is 0 Å². The SMILES string of the molecule is CCCN(c1ccccc1)c1ncc(C(=O)OCCC(C)=C(F)F)c(C)n1. The number of nitrogens with zero attached hydrogens (tertiary/aromatic N) is 3. The van der Waals surface area contributed by atoms with Gasteiger partial charge in [0.25, 0.3) is 6.08 Å². The standard InChI is InChI=1S/C20H23F2N3O2/c1-4-11-25(16-8-6-5-7-9-16)20-23-13-17(15(3)24-20)19(26)27-12-10-14(2)18(21)22/h5-9,13H,4,10-12H2,1-3H3. The molecule has 1 aromatic heterocycles. The lowest BCUT2D eigenvalue weighted by Crippen LogP contribution is -2.21. The third-order valence-electron chi connectivity index (χ3n) is 3.98. The first-order chi connectivity index (χ1) is 12.9. The molecule has 0 saturated heterocycles. The highest BCUT2D eigenvalue weighted by Gasteiger charge is 2.17. The van der Waals surface area contributed by atoms with E-state index in [0.717, 1.165) is 18.7 Å². The molecular weight excluding hydrogens is 352 g/mol. The second-order valence-corrected chi connectivity index (χ2v) is 6.08. The highest BCUT2D eigenvalue weighted by atomic mass is 19.3. The van der Waals surface area contributed by atoms with Crippen LogP contribution >= 0.6 is 0 Å². The van der Waals surface area contributed by atoms with Crippen LogP contribution in [0.15, 0.2) is 48.2 Å².